The fourth-order valence-electron chi connectivity index (χ4n) is 1.90. The molecule has 0 radical (unpaired) electrons. The molecule has 0 bridgehead atoms. The monoisotopic (exact) mass is 248 g/mol. The number of carbonyl (C=O) groups excluding carboxylic acids is 1. The van der Waals surface area contributed by atoms with Crippen molar-refractivity contribution >= 4 is 17.1 Å². The van der Waals surface area contributed by atoms with E-state index in [0.29, 0.717) is 4.88 Å². The lowest BCUT2D eigenvalue weighted by atomic mass is 9.99. The molecule has 0 N–H and O–H groups in total. The van der Waals surface area contributed by atoms with E-state index in [2.05, 4.69) is 0 Å². The molecule has 0 aliphatic heterocycles. The van der Waals surface area contributed by atoms with Crippen molar-refractivity contribution in [3.8, 4) is 0 Å². The number of halogens is 3. The largest absolute Gasteiger partial charge is 0.450 e. The van der Waals surface area contributed by atoms with Crippen LogP contribution in [0.4, 0.5) is 13.2 Å². The average Bonchev–Trinajstić information content (AvgIpc) is 2.58. The van der Waals surface area contributed by atoms with E-state index in [-0.39, 0.29) is 0 Å². The maximum atomic E-state index is 12.1. The zero-order chi connectivity index (χ0) is 11.8. The maximum Gasteiger partial charge on any atom is 0.450 e. The molecule has 1 aliphatic rings. The first-order chi connectivity index (χ1) is 7.47. The number of ketones is 1. The number of carbonyl (C=O) groups is 1. The van der Waals surface area contributed by atoms with Crippen LogP contribution >= 0.6 is 11.3 Å². The average molecular weight is 248 g/mol. The van der Waals surface area contributed by atoms with Gasteiger partial charge in [0, 0.05) is 9.75 Å². The quantitative estimate of drug-likeness (QED) is 0.784. The van der Waals surface area contributed by atoms with E-state index >= 15 is 0 Å². The molecule has 0 unspecified atom stereocenters. The molecule has 0 aromatic carbocycles. The van der Waals surface area contributed by atoms with E-state index in [4.69, 9.17) is 0 Å². The zero-order valence-corrected chi connectivity index (χ0v) is 9.38. The Labute approximate surface area is 95.3 Å². The second kappa shape index (κ2) is 4.20. The van der Waals surface area contributed by atoms with E-state index in [9.17, 15) is 18.0 Å². The number of thiophene rings is 1. The second-order valence-corrected chi connectivity index (χ2v) is 5.19. The molecule has 1 heterocycles. The first-order valence-electron chi connectivity index (χ1n) is 5.17. The van der Waals surface area contributed by atoms with Crippen LogP contribution in [0.1, 0.15) is 28.2 Å². The van der Waals surface area contributed by atoms with E-state index in [1.807, 2.05) is 0 Å². The number of aryl methyl sites for hydroxylation is 2. The minimum atomic E-state index is -4.70. The predicted molar refractivity (Wildman–Crippen MR) is 55.7 cm³/mol. The Bertz CT molecular complexity index is 382. The van der Waals surface area contributed by atoms with Gasteiger partial charge < -0.3 is 0 Å². The van der Waals surface area contributed by atoms with Gasteiger partial charge in [-0.1, -0.05) is 0 Å². The van der Waals surface area contributed by atoms with Crippen molar-refractivity contribution in [2.24, 2.45) is 0 Å². The summed E-state index contributed by atoms with van der Waals surface area (Å²) < 4.78 is 36.2. The zero-order valence-electron chi connectivity index (χ0n) is 8.56. The highest BCUT2D eigenvalue weighted by molar-refractivity contribution is 7.12. The van der Waals surface area contributed by atoms with Crippen LogP contribution in [0, 0.1) is 0 Å². The Morgan fingerprint density at radius 1 is 1.31 bits per heavy atom. The third-order valence-electron chi connectivity index (χ3n) is 2.70. The summed E-state index contributed by atoms with van der Waals surface area (Å²) in [5.41, 5.74) is 1.14. The van der Waals surface area contributed by atoms with E-state index in [1.54, 1.807) is 6.07 Å². The number of hydrogen-bond donors (Lipinski definition) is 0. The molecule has 16 heavy (non-hydrogen) atoms. The molecule has 0 spiro atoms. The highest BCUT2D eigenvalue weighted by atomic mass is 32.1. The maximum absolute atomic E-state index is 12.1. The summed E-state index contributed by atoms with van der Waals surface area (Å²) in [4.78, 5) is 12.5. The highest BCUT2D eigenvalue weighted by Gasteiger charge is 2.38. The van der Waals surface area contributed by atoms with Crippen LogP contribution in [0.2, 0.25) is 0 Å². The smallest absolute Gasteiger partial charge is 0.289 e. The lowest BCUT2D eigenvalue weighted by Gasteiger charge is -2.08. The van der Waals surface area contributed by atoms with Crippen LogP contribution in [-0.2, 0) is 24.1 Å². The topological polar surface area (TPSA) is 17.1 Å². The third kappa shape index (κ3) is 2.45. The molecule has 0 saturated heterocycles. The fraction of sp³-hybridized carbons (Fsp3) is 0.545. The molecule has 88 valence electrons. The molecule has 1 aromatic rings. The van der Waals surface area contributed by atoms with E-state index in [1.165, 1.54) is 11.3 Å². The van der Waals surface area contributed by atoms with Crippen molar-refractivity contribution in [3.05, 3.63) is 21.4 Å². The lowest BCUT2D eigenvalue weighted by molar-refractivity contribution is -0.170. The van der Waals surface area contributed by atoms with Crippen LogP contribution < -0.4 is 0 Å². The Morgan fingerprint density at radius 2 is 2.00 bits per heavy atom. The number of Topliss-reactive ketones (excluding diaryl/α,β-unsaturated/α-hetero) is 1. The minimum Gasteiger partial charge on any atom is -0.289 e. The molecular weight excluding hydrogens is 237 g/mol. The summed E-state index contributed by atoms with van der Waals surface area (Å²) in [5, 5.41) is 0. The van der Waals surface area contributed by atoms with Gasteiger partial charge in [0.15, 0.2) is 0 Å². The van der Waals surface area contributed by atoms with Crippen LogP contribution in [0.25, 0.3) is 0 Å². The Hall–Kier alpha value is -0.840. The summed E-state index contributed by atoms with van der Waals surface area (Å²) in [6, 6.07) is 1.77. The third-order valence-corrected chi connectivity index (χ3v) is 3.94. The molecule has 0 saturated carbocycles. The second-order valence-electron chi connectivity index (χ2n) is 3.97. The molecule has 0 fully saturated rings. The lowest BCUT2D eigenvalue weighted by Crippen LogP contribution is -2.24. The standard InChI is InChI=1S/C11H11F3OS/c12-11(13,14)10(15)6-8-5-7-3-1-2-4-9(7)16-8/h5H,1-4,6H2. The van der Waals surface area contributed by atoms with Gasteiger partial charge in [-0.15, -0.1) is 11.3 Å². The van der Waals surface area contributed by atoms with Crippen molar-refractivity contribution in [1.29, 1.82) is 0 Å². The van der Waals surface area contributed by atoms with Crippen molar-refractivity contribution in [2.45, 2.75) is 38.3 Å². The number of rotatable bonds is 2. The highest BCUT2D eigenvalue weighted by Crippen LogP contribution is 2.31. The minimum absolute atomic E-state index is 0.499. The van der Waals surface area contributed by atoms with Gasteiger partial charge in [0.25, 0.3) is 0 Å². The van der Waals surface area contributed by atoms with Gasteiger partial charge in [0.2, 0.25) is 5.78 Å². The van der Waals surface area contributed by atoms with Crippen molar-refractivity contribution in [2.75, 3.05) is 0 Å². The van der Waals surface area contributed by atoms with Gasteiger partial charge in [0.1, 0.15) is 0 Å². The molecule has 0 atom stereocenters. The SMILES string of the molecule is O=C(Cc1cc2c(s1)CCCC2)C(F)(F)F. The predicted octanol–water partition coefficient (Wildman–Crippen LogP) is 3.30. The molecule has 5 heteroatoms. The van der Waals surface area contributed by atoms with Crippen molar-refractivity contribution in [3.63, 3.8) is 0 Å². The van der Waals surface area contributed by atoms with E-state index in [0.717, 1.165) is 36.1 Å². The van der Waals surface area contributed by atoms with Gasteiger partial charge in [0.05, 0.1) is 6.42 Å². The van der Waals surface area contributed by atoms with Gasteiger partial charge in [-0.2, -0.15) is 13.2 Å². The van der Waals surface area contributed by atoms with Crippen molar-refractivity contribution in [1.82, 2.24) is 0 Å². The van der Waals surface area contributed by atoms with Crippen LogP contribution in [0.5, 0.6) is 0 Å². The summed E-state index contributed by atoms with van der Waals surface area (Å²) in [6.45, 7) is 0. The van der Waals surface area contributed by atoms with Crippen LogP contribution in [0.15, 0.2) is 6.07 Å². The van der Waals surface area contributed by atoms with Gasteiger partial charge >= 0.3 is 6.18 Å². The van der Waals surface area contributed by atoms with Gasteiger partial charge in [-0.3, -0.25) is 4.79 Å². The van der Waals surface area contributed by atoms with Crippen molar-refractivity contribution < 1.29 is 18.0 Å². The van der Waals surface area contributed by atoms with Crippen LogP contribution in [-0.4, -0.2) is 12.0 Å². The number of hydrogen-bond acceptors (Lipinski definition) is 2. The summed E-state index contributed by atoms with van der Waals surface area (Å²) in [7, 11) is 0. The number of alkyl halides is 3. The molecule has 1 nitrogen and oxygen atoms in total. The normalized spacial score (nSPS) is 15.9. The molecule has 0 amide bonds. The molecule has 1 aromatic heterocycles. The summed E-state index contributed by atoms with van der Waals surface area (Å²) in [6.07, 6.45) is -1.13. The van der Waals surface area contributed by atoms with Gasteiger partial charge in [-0.05, 0) is 37.3 Å². The fourth-order valence-corrected chi connectivity index (χ4v) is 3.16. The Morgan fingerprint density at radius 3 is 2.62 bits per heavy atom. The summed E-state index contributed by atoms with van der Waals surface area (Å²) in [5.74, 6) is -1.65. The van der Waals surface area contributed by atoms with E-state index < -0.39 is 18.4 Å². The molecular formula is C11H11F3OS. The molecule has 1 aliphatic carbocycles. The number of fused-ring (bicyclic) bond motifs is 1. The van der Waals surface area contributed by atoms with Gasteiger partial charge in [-0.25, -0.2) is 0 Å². The Balaban J connectivity index is 2.11. The first kappa shape index (κ1) is 11.6. The Kier molecular flexibility index (Phi) is 3.06. The molecule has 2 rings (SSSR count). The van der Waals surface area contributed by atoms with Crippen LogP contribution in [0.3, 0.4) is 0 Å². The summed E-state index contributed by atoms with van der Waals surface area (Å²) >= 11 is 1.36. The first-order valence-corrected chi connectivity index (χ1v) is 5.99.